The maximum atomic E-state index is 11.7. The van der Waals surface area contributed by atoms with Gasteiger partial charge in [0.05, 0.1) is 18.6 Å². The van der Waals surface area contributed by atoms with E-state index < -0.39 is 11.9 Å². The van der Waals surface area contributed by atoms with Gasteiger partial charge in [0.2, 0.25) is 0 Å². The standard InChI is InChI=1S/C14H13NO5S/c1-2-19-14(18)10-4-6-20-12(10)8-21-9-3-5-15-11(7-9)13(16)17/h3-7H,2,8H2,1H3,(H,16,17). The number of aromatic nitrogens is 1. The summed E-state index contributed by atoms with van der Waals surface area (Å²) in [5.74, 6) is -0.623. The average molecular weight is 307 g/mol. The topological polar surface area (TPSA) is 89.6 Å². The lowest BCUT2D eigenvalue weighted by atomic mass is 10.3. The van der Waals surface area contributed by atoms with Crippen LogP contribution in [0.1, 0.15) is 33.5 Å². The van der Waals surface area contributed by atoms with Crippen molar-refractivity contribution in [2.45, 2.75) is 17.6 Å². The zero-order valence-electron chi connectivity index (χ0n) is 11.2. The van der Waals surface area contributed by atoms with E-state index in [9.17, 15) is 9.59 Å². The van der Waals surface area contributed by atoms with Gasteiger partial charge in [-0.3, -0.25) is 0 Å². The lowest BCUT2D eigenvalue weighted by Gasteiger charge is -2.03. The predicted molar refractivity (Wildman–Crippen MR) is 75.4 cm³/mol. The Morgan fingerprint density at radius 3 is 2.95 bits per heavy atom. The second kappa shape index (κ2) is 6.94. The molecular formula is C14H13NO5S. The number of hydrogen-bond acceptors (Lipinski definition) is 6. The number of carbonyl (C=O) groups excluding carboxylic acids is 1. The number of ether oxygens (including phenoxy) is 1. The number of carbonyl (C=O) groups is 2. The van der Waals surface area contributed by atoms with E-state index in [1.807, 2.05) is 0 Å². The van der Waals surface area contributed by atoms with Gasteiger partial charge in [0.15, 0.2) is 0 Å². The maximum absolute atomic E-state index is 11.7. The molecule has 2 heterocycles. The molecule has 0 saturated heterocycles. The molecule has 0 saturated carbocycles. The normalized spacial score (nSPS) is 10.3. The van der Waals surface area contributed by atoms with Gasteiger partial charge in [-0.05, 0) is 25.1 Å². The molecule has 0 aliphatic rings. The van der Waals surface area contributed by atoms with Crippen LogP contribution >= 0.6 is 11.8 Å². The van der Waals surface area contributed by atoms with Crippen molar-refractivity contribution in [1.29, 1.82) is 0 Å². The summed E-state index contributed by atoms with van der Waals surface area (Å²) in [7, 11) is 0. The molecule has 110 valence electrons. The zero-order chi connectivity index (χ0) is 15.2. The van der Waals surface area contributed by atoms with E-state index in [1.54, 1.807) is 19.1 Å². The molecule has 0 bridgehead atoms. The van der Waals surface area contributed by atoms with Crippen LogP contribution in [-0.4, -0.2) is 28.6 Å². The van der Waals surface area contributed by atoms with Crippen molar-refractivity contribution in [3.05, 3.63) is 47.7 Å². The molecule has 6 nitrogen and oxygen atoms in total. The van der Waals surface area contributed by atoms with Crippen LogP contribution in [0.5, 0.6) is 0 Å². The summed E-state index contributed by atoms with van der Waals surface area (Å²) in [5, 5.41) is 8.89. The predicted octanol–water partition coefficient (Wildman–Crippen LogP) is 2.84. The number of hydrogen-bond donors (Lipinski definition) is 1. The minimum atomic E-state index is -1.08. The van der Waals surface area contributed by atoms with E-state index in [1.165, 1.54) is 30.3 Å². The minimum absolute atomic E-state index is 0.0231. The highest BCUT2D eigenvalue weighted by atomic mass is 32.2. The summed E-state index contributed by atoms with van der Waals surface area (Å²) in [6.45, 7) is 2.03. The Labute approximate surface area is 125 Å². The molecule has 0 spiro atoms. The molecule has 1 N–H and O–H groups in total. The Hall–Kier alpha value is -2.28. The zero-order valence-corrected chi connectivity index (χ0v) is 12.1. The van der Waals surface area contributed by atoms with Crippen LogP contribution in [-0.2, 0) is 10.5 Å². The summed E-state index contributed by atoms with van der Waals surface area (Å²) >= 11 is 1.35. The van der Waals surface area contributed by atoms with Gasteiger partial charge in [0, 0.05) is 11.1 Å². The van der Waals surface area contributed by atoms with Crippen LogP contribution in [0, 0.1) is 0 Å². The van der Waals surface area contributed by atoms with Crippen LogP contribution < -0.4 is 0 Å². The molecular weight excluding hydrogens is 294 g/mol. The molecule has 2 rings (SSSR count). The van der Waals surface area contributed by atoms with Crippen molar-refractivity contribution in [3.63, 3.8) is 0 Å². The van der Waals surface area contributed by atoms with Crippen molar-refractivity contribution < 1.29 is 23.8 Å². The highest BCUT2D eigenvalue weighted by Crippen LogP contribution is 2.25. The average Bonchev–Trinajstić information content (AvgIpc) is 2.94. The third-order valence-corrected chi connectivity index (χ3v) is 3.56. The van der Waals surface area contributed by atoms with Gasteiger partial charge in [0.1, 0.15) is 17.0 Å². The monoisotopic (exact) mass is 307 g/mol. The fourth-order valence-corrected chi connectivity index (χ4v) is 2.48. The van der Waals surface area contributed by atoms with Gasteiger partial charge in [-0.25, -0.2) is 14.6 Å². The van der Waals surface area contributed by atoms with E-state index in [2.05, 4.69) is 4.98 Å². The minimum Gasteiger partial charge on any atom is -0.477 e. The van der Waals surface area contributed by atoms with Gasteiger partial charge in [-0.2, -0.15) is 0 Å². The Bertz CT molecular complexity index is 652. The van der Waals surface area contributed by atoms with Crippen LogP contribution in [0.4, 0.5) is 0 Å². The lowest BCUT2D eigenvalue weighted by Crippen LogP contribution is -2.05. The first-order valence-electron chi connectivity index (χ1n) is 6.17. The first kappa shape index (κ1) is 15.1. The summed E-state index contributed by atoms with van der Waals surface area (Å²) in [6.07, 6.45) is 2.86. The molecule has 0 aromatic carbocycles. The Balaban J connectivity index is 2.07. The number of esters is 1. The molecule has 0 amide bonds. The van der Waals surface area contributed by atoms with E-state index >= 15 is 0 Å². The maximum Gasteiger partial charge on any atom is 0.354 e. The van der Waals surface area contributed by atoms with Gasteiger partial charge in [0.25, 0.3) is 0 Å². The highest BCUT2D eigenvalue weighted by molar-refractivity contribution is 7.98. The number of aromatic carboxylic acids is 1. The van der Waals surface area contributed by atoms with Gasteiger partial charge >= 0.3 is 11.9 Å². The van der Waals surface area contributed by atoms with Crippen molar-refractivity contribution >= 4 is 23.7 Å². The summed E-state index contributed by atoms with van der Waals surface area (Å²) in [4.78, 5) is 27.0. The molecule has 0 aliphatic heterocycles. The fraction of sp³-hybridized carbons (Fsp3) is 0.214. The van der Waals surface area contributed by atoms with Crippen molar-refractivity contribution in [2.24, 2.45) is 0 Å². The van der Waals surface area contributed by atoms with E-state index in [4.69, 9.17) is 14.3 Å². The summed E-state index contributed by atoms with van der Waals surface area (Å²) in [6, 6.07) is 4.73. The van der Waals surface area contributed by atoms with Crippen LogP contribution in [0.3, 0.4) is 0 Å². The molecule has 2 aromatic heterocycles. The molecule has 0 aliphatic carbocycles. The molecule has 0 unspecified atom stereocenters. The van der Waals surface area contributed by atoms with Crippen molar-refractivity contribution in [1.82, 2.24) is 4.98 Å². The van der Waals surface area contributed by atoms with Crippen molar-refractivity contribution in [3.8, 4) is 0 Å². The van der Waals surface area contributed by atoms with E-state index in [0.717, 1.165) is 4.90 Å². The second-order valence-corrected chi connectivity index (χ2v) is 5.00. The van der Waals surface area contributed by atoms with Gasteiger partial charge in [-0.15, -0.1) is 11.8 Å². The first-order chi connectivity index (χ1) is 10.1. The molecule has 7 heteroatoms. The Morgan fingerprint density at radius 2 is 2.24 bits per heavy atom. The Morgan fingerprint density at radius 1 is 1.43 bits per heavy atom. The third-order valence-electron chi connectivity index (χ3n) is 2.56. The smallest absolute Gasteiger partial charge is 0.354 e. The number of furan rings is 1. The second-order valence-electron chi connectivity index (χ2n) is 3.95. The number of thioether (sulfide) groups is 1. The van der Waals surface area contributed by atoms with Gasteiger partial charge < -0.3 is 14.3 Å². The first-order valence-corrected chi connectivity index (χ1v) is 7.16. The highest BCUT2D eigenvalue weighted by Gasteiger charge is 2.16. The number of pyridine rings is 1. The largest absolute Gasteiger partial charge is 0.477 e. The SMILES string of the molecule is CCOC(=O)c1ccoc1CSc1ccnc(C(=O)O)c1. The molecule has 0 radical (unpaired) electrons. The Kier molecular flexibility index (Phi) is 4.99. The van der Waals surface area contributed by atoms with Crippen LogP contribution in [0.15, 0.2) is 40.0 Å². The third kappa shape index (κ3) is 3.85. The van der Waals surface area contributed by atoms with Crippen molar-refractivity contribution in [2.75, 3.05) is 6.61 Å². The molecule has 0 fully saturated rings. The van der Waals surface area contributed by atoms with E-state index in [-0.39, 0.29) is 5.69 Å². The molecule has 21 heavy (non-hydrogen) atoms. The summed E-state index contributed by atoms with van der Waals surface area (Å²) < 4.78 is 10.2. The lowest BCUT2D eigenvalue weighted by molar-refractivity contribution is 0.0523. The number of carboxylic acid groups (broad SMARTS) is 1. The quantitative estimate of drug-likeness (QED) is 0.648. The number of nitrogens with zero attached hydrogens (tertiary/aromatic N) is 1. The summed E-state index contributed by atoms with van der Waals surface area (Å²) in [5.41, 5.74) is 0.363. The van der Waals surface area contributed by atoms with Gasteiger partial charge in [-0.1, -0.05) is 0 Å². The number of rotatable bonds is 6. The van der Waals surface area contributed by atoms with E-state index in [0.29, 0.717) is 23.7 Å². The molecule has 0 atom stereocenters. The number of carboxylic acids is 1. The van der Waals surface area contributed by atoms with Crippen LogP contribution in [0.2, 0.25) is 0 Å². The molecule has 2 aromatic rings. The van der Waals surface area contributed by atoms with Crippen LogP contribution in [0.25, 0.3) is 0 Å². The fourth-order valence-electron chi connectivity index (χ4n) is 1.61.